The van der Waals surface area contributed by atoms with E-state index in [1.54, 1.807) is 0 Å². The predicted octanol–water partition coefficient (Wildman–Crippen LogP) is 5.25. The van der Waals surface area contributed by atoms with Crippen LogP contribution < -0.4 is 0 Å². The van der Waals surface area contributed by atoms with Gasteiger partial charge in [-0.05, 0) is 0 Å². The number of allylic oxidation sites excluding steroid dienone is 4. The van der Waals surface area contributed by atoms with Crippen LogP contribution in [0.25, 0.3) is 0 Å². The summed E-state index contributed by atoms with van der Waals surface area (Å²) >= 11 is -3.39. The summed E-state index contributed by atoms with van der Waals surface area (Å²) in [6.07, 6.45) is 0. The molecule has 1 aliphatic carbocycles. The van der Waals surface area contributed by atoms with E-state index in [-0.39, 0.29) is 5.41 Å². The van der Waals surface area contributed by atoms with Gasteiger partial charge in [0.05, 0.1) is 0 Å². The summed E-state index contributed by atoms with van der Waals surface area (Å²) in [5.41, 5.74) is 3.79. The van der Waals surface area contributed by atoms with Gasteiger partial charge in [-0.25, -0.2) is 0 Å². The molecular weight excluding hydrogens is 319 g/mol. The van der Waals surface area contributed by atoms with Gasteiger partial charge in [-0.3, -0.25) is 0 Å². The molecule has 0 amide bonds. The van der Waals surface area contributed by atoms with Gasteiger partial charge in [0.1, 0.15) is 0 Å². The van der Waals surface area contributed by atoms with E-state index in [4.69, 9.17) is 27.6 Å². The van der Waals surface area contributed by atoms with E-state index in [2.05, 4.69) is 34.6 Å². The Bertz CT molecular complexity index is 332. The van der Waals surface area contributed by atoms with Gasteiger partial charge in [0, 0.05) is 0 Å². The van der Waals surface area contributed by atoms with Crippen molar-refractivity contribution in [1.82, 2.24) is 0 Å². The molecule has 1 rings (SSSR count). The van der Waals surface area contributed by atoms with Crippen LogP contribution in [-0.4, -0.2) is 0 Å². The van der Waals surface area contributed by atoms with Gasteiger partial charge in [0.2, 0.25) is 0 Å². The molecule has 0 saturated carbocycles. The third-order valence-electron chi connectivity index (χ3n) is 3.26. The van der Waals surface area contributed by atoms with Crippen LogP contribution >= 0.6 is 27.6 Å². The Kier molecular flexibility index (Phi) is 3.60. The molecule has 1 aliphatic rings. The molecule has 0 radical (unpaired) electrons. The monoisotopic (exact) mass is 333 g/mol. The fraction of sp³-hybridized carbons (Fsp3) is 0.600. The first-order valence-corrected chi connectivity index (χ1v) is 14.1. The summed E-state index contributed by atoms with van der Waals surface area (Å²) in [5.74, 6) is 0. The molecule has 0 aromatic carbocycles. The first-order valence-electron chi connectivity index (χ1n) is 4.48. The molecule has 0 spiro atoms. The van der Waals surface area contributed by atoms with Crippen molar-refractivity contribution in [3.05, 3.63) is 20.5 Å². The normalized spacial score (nSPS) is 22.3. The molecule has 0 nitrogen and oxygen atoms in total. The maximum absolute atomic E-state index is 6.20. The fourth-order valence-corrected chi connectivity index (χ4v) is 11.4. The number of hydrogen-bond donors (Lipinski definition) is 0. The molecule has 4 heteroatoms. The molecule has 0 bridgehead atoms. The second kappa shape index (κ2) is 3.84. The molecule has 0 N–H and O–H groups in total. The number of halogens is 3. The zero-order chi connectivity index (χ0) is 11.3. The van der Waals surface area contributed by atoms with Crippen LogP contribution in [0.15, 0.2) is 20.5 Å². The topological polar surface area (TPSA) is 0 Å². The van der Waals surface area contributed by atoms with E-state index in [1.165, 1.54) is 16.7 Å². The van der Waals surface area contributed by atoms with Crippen LogP contribution in [0.5, 0.6) is 0 Å². The summed E-state index contributed by atoms with van der Waals surface area (Å²) in [7, 11) is 18.6. The van der Waals surface area contributed by atoms with Crippen molar-refractivity contribution >= 4 is 27.6 Å². The minimum atomic E-state index is -3.39. The number of hydrogen-bond acceptors (Lipinski definition) is 0. The molecule has 0 aromatic heterocycles. The Balaban J connectivity index is 3.37. The zero-order valence-electron chi connectivity index (χ0n) is 9.08. The summed E-state index contributed by atoms with van der Waals surface area (Å²) in [6.45, 7) is 10.6. The van der Waals surface area contributed by atoms with Crippen LogP contribution in [0.4, 0.5) is 0 Å². The van der Waals surface area contributed by atoms with Crippen molar-refractivity contribution in [2.24, 2.45) is 5.41 Å². The summed E-state index contributed by atoms with van der Waals surface area (Å²) in [4.78, 5) is 0. The van der Waals surface area contributed by atoms with Gasteiger partial charge < -0.3 is 0 Å². The van der Waals surface area contributed by atoms with Crippen molar-refractivity contribution in [2.45, 2.75) is 34.6 Å². The van der Waals surface area contributed by atoms with Crippen molar-refractivity contribution in [3.63, 3.8) is 0 Å². The van der Waals surface area contributed by atoms with E-state index in [9.17, 15) is 0 Å². The quantitative estimate of drug-likeness (QED) is 0.574. The first kappa shape index (κ1) is 13.2. The molecule has 0 atom stereocenters. The fourth-order valence-electron chi connectivity index (χ4n) is 2.08. The first-order chi connectivity index (χ1) is 6.10. The zero-order valence-corrected chi connectivity index (χ0v) is 13.5. The van der Waals surface area contributed by atoms with Crippen LogP contribution in [-0.2, 0) is 13.9 Å². The molecule has 0 aliphatic heterocycles. The molecule has 0 unspecified atom stereocenters. The summed E-state index contributed by atoms with van der Waals surface area (Å²) in [5, 5.41) is 0. The minimum absolute atomic E-state index is 0.0506. The maximum atomic E-state index is 6.20. The van der Waals surface area contributed by atoms with Gasteiger partial charge >= 0.3 is 102 Å². The van der Waals surface area contributed by atoms with E-state index in [0.29, 0.717) is 0 Å². The number of rotatable bonds is 1. The SMILES string of the molecule is CC1=C(C)C(C)(C)[C]([Nb]([Cl])([Cl])[Cl])=C1C. The van der Waals surface area contributed by atoms with E-state index in [1.807, 2.05) is 0 Å². The molecule has 0 heterocycles. The second-order valence-electron chi connectivity index (χ2n) is 4.29. The summed E-state index contributed by atoms with van der Waals surface area (Å²) in [6, 6.07) is 0. The van der Waals surface area contributed by atoms with Crippen LogP contribution in [0.2, 0.25) is 0 Å². The van der Waals surface area contributed by atoms with Gasteiger partial charge in [0.25, 0.3) is 0 Å². The van der Waals surface area contributed by atoms with Gasteiger partial charge in [0.15, 0.2) is 0 Å². The van der Waals surface area contributed by atoms with E-state index >= 15 is 0 Å². The molecule has 81 valence electrons. The Labute approximate surface area is 101 Å². The third kappa shape index (κ3) is 1.98. The predicted molar refractivity (Wildman–Crippen MR) is 62.4 cm³/mol. The van der Waals surface area contributed by atoms with E-state index in [0.717, 1.165) is 3.79 Å². The van der Waals surface area contributed by atoms with Crippen LogP contribution in [0, 0.1) is 5.41 Å². The second-order valence-corrected chi connectivity index (χ2v) is 19.7. The summed E-state index contributed by atoms with van der Waals surface area (Å²) < 4.78 is 1.11. The Morgan fingerprint density at radius 1 is 0.929 bits per heavy atom. The Morgan fingerprint density at radius 3 is 1.50 bits per heavy atom. The van der Waals surface area contributed by atoms with Crippen molar-refractivity contribution < 1.29 is 13.9 Å². The standard InChI is InChI=1S/C10H15.3ClH.Nb/c1-7-6-10(4,5)9(3)8(7)2;;;;/h1-5H3;3*1H;/q;;;;+3/p-3. The van der Waals surface area contributed by atoms with Crippen molar-refractivity contribution in [3.8, 4) is 0 Å². The van der Waals surface area contributed by atoms with E-state index < -0.39 is 13.9 Å². The average molecular weight is 334 g/mol. The average Bonchev–Trinajstić information content (AvgIpc) is 2.10. The van der Waals surface area contributed by atoms with Crippen molar-refractivity contribution in [1.29, 1.82) is 0 Å². The molecule has 0 aromatic rings. The molecule has 0 fully saturated rings. The molecule has 0 saturated heterocycles. The molecular formula is C10H15Cl3Nb. The Hall–Kier alpha value is 1.09. The van der Waals surface area contributed by atoms with Crippen LogP contribution in [0.3, 0.4) is 0 Å². The third-order valence-corrected chi connectivity index (χ3v) is 9.71. The Morgan fingerprint density at radius 2 is 1.36 bits per heavy atom. The van der Waals surface area contributed by atoms with Gasteiger partial charge in [-0.2, -0.15) is 0 Å². The van der Waals surface area contributed by atoms with Gasteiger partial charge in [-0.1, -0.05) is 0 Å². The molecule has 14 heavy (non-hydrogen) atoms. The van der Waals surface area contributed by atoms with Gasteiger partial charge in [-0.15, -0.1) is 0 Å². The van der Waals surface area contributed by atoms with Crippen LogP contribution in [0.1, 0.15) is 34.6 Å². The van der Waals surface area contributed by atoms with Crippen molar-refractivity contribution in [2.75, 3.05) is 0 Å².